The number of morpholine rings is 1. The maximum atomic E-state index is 5.62. The van der Waals surface area contributed by atoms with Gasteiger partial charge >= 0.3 is 0 Å². The molecule has 176 valence electrons. The predicted octanol–water partition coefficient (Wildman–Crippen LogP) is 3.10. The lowest BCUT2D eigenvalue weighted by Crippen LogP contribution is -2.41. The molecule has 1 unspecified atom stereocenters. The van der Waals surface area contributed by atoms with Crippen LogP contribution < -0.4 is 15.5 Å². The van der Waals surface area contributed by atoms with Gasteiger partial charge in [0.05, 0.1) is 19.3 Å². The van der Waals surface area contributed by atoms with Gasteiger partial charge in [0.1, 0.15) is 5.82 Å². The number of hydrogen-bond acceptors (Lipinski definition) is 5. The fraction of sp³-hybridized carbons (Fsp3) is 0.739. The van der Waals surface area contributed by atoms with Gasteiger partial charge in [-0.2, -0.15) is 0 Å². The Morgan fingerprint density at radius 1 is 1.19 bits per heavy atom. The van der Waals surface area contributed by atoms with E-state index in [1.165, 1.54) is 32.5 Å². The standard InChI is InChI=1S/C23H40N6O.HI/c1-4-24-23(25-10-5-11-28-12-8-19(2)9-13-28)27-17-21-6-7-22(26-16-21)29-14-15-30-20(3)18-29;/h6-7,16,19-20H,4-5,8-15,17-18H2,1-3H3,(H2,24,25,27);1H. The minimum atomic E-state index is 0. The van der Waals surface area contributed by atoms with Crippen LogP contribution >= 0.6 is 24.0 Å². The van der Waals surface area contributed by atoms with Crippen molar-refractivity contribution in [3.05, 3.63) is 23.9 Å². The molecule has 31 heavy (non-hydrogen) atoms. The highest BCUT2D eigenvalue weighted by molar-refractivity contribution is 14.0. The summed E-state index contributed by atoms with van der Waals surface area (Å²) in [4.78, 5) is 14.3. The Hall–Kier alpha value is -1.13. The number of nitrogens with one attached hydrogen (secondary N) is 2. The molecule has 0 spiro atoms. The van der Waals surface area contributed by atoms with E-state index in [1.807, 2.05) is 6.20 Å². The number of likely N-dealkylation sites (tertiary alicyclic amines) is 1. The number of guanidine groups is 1. The molecule has 1 atom stereocenters. The third kappa shape index (κ3) is 9.10. The van der Waals surface area contributed by atoms with Crippen molar-refractivity contribution in [2.75, 3.05) is 57.3 Å². The number of pyridine rings is 1. The Morgan fingerprint density at radius 2 is 2.00 bits per heavy atom. The van der Waals surface area contributed by atoms with Gasteiger partial charge in [-0.3, -0.25) is 0 Å². The molecular weight excluding hydrogens is 503 g/mol. The van der Waals surface area contributed by atoms with Crippen LogP contribution in [0.5, 0.6) is 0 Å². The molecule has 3 rings (SSSR count). The zero-order valence-corrected chi connectivity index (χ0v) is 21.8. The number of ether oxygens (including phenoxy) is 1. The summed E-state index contributed by atoms with van der Waals surface area (Å²) in [7, 11) is 0. The van der Waals surface area contributed by atoms with Gasteiger partial charge in [0.2, 0.25) is 0 Å². The van der Waals surface area contributed by atoms with E-state index in [0.717, 1.165) is 62.5 Å². The topological polar surface area (TPSA) is 65.0 Å². The molecule has 1 aromatic rings. The lowest BCUT2D eigenvalue weighted by atomic mass is 9.99. The fourth-order valence-corrected chi connectivity index (χ4v) is 4.03. The summed E-state index contributed by atoms with van der Waals surface area (Å²) in [5, 5.41) is 6.82. The van der Waals surface area contributed by atoms with Crippen LogP contribution in [0, 0.1) is 5.92 Å². The minimum absolute atomic E-state index is 0. The highest BCUT2D eigenvalue weighted by atomic mass is 127. The van der Waals surface area contributed by atoms with Crippen LogP contribution in [0.3, 0.4) is 0 Å². The maximum Gasteiger partial charge on any atom is 0.191 e. The lowest BCUT2D eigenvalue weighted by Gasteiger charge is -2.32. The Labute approximate surface area is 205 Å². The molecule has 7 nitrogen and oxygen atoms in total. The maximum absolute atomic E-state index is 5.62. The van der Waals surface area contributed by atoms with Gasteiger partial charge in [0.25, 0.3) is 0 Å². The van der Waals surface area contributed by atoms with Crippen molar-refractivity contribution in [2.45, 2.75) is 52.7 Å². The number of aromatic nitrogens is 1. The highest BCUT2D eigenvalue weighted by Crippen LogP contribution is 2.16. The molecule has 0 aliphatic carbocycles. The summed E-state index contributed by atoms with van der Waals surface area (Å²) in [6.07, 6.45) is 6.04. The first-order chi connectivity index (χ1) is 14.6. The zero-order chi connectivity index (χ0) is 21.2. The quantitative estimate of drug-likeness (QED) is 0.227. The monoisotopic (exact) mass is 544 g/mol. The van der Waals surface area contributed by atoms with E-state index in [-0.39, 0.29) is 30.1 Å². The first kappa shape index (κ1) is 26.1. The van der Waals surface area contributed by atoms with E-state index in [0.29, 0.717) is 6.54 Å². The van der Waals surface area contributed by atoms with E-state index in [9.17, 15) is 0 Å². The molecule has 0 radical (unpaired) electrons. The number of hydrogen-bond donors (Lipinski definition) is 2. The first-order valence-corrected chi connectivity index (χ1v) is 11.7. The number of nitrogens with zero attached hydrogens (tertiary/aromatic N) is 4. The van der Waals surface area contributed by atoms with Crippen molar-refractivity contribution in [3.8, 4) is 0 Å². The average Bonchev–Trinajstić information content (AvgIpc) is 2.76. The van der Waals surface area contributed by atoms with Crippen LogP contribution in [0.25, 0.3) is 0 Å². The van der Waals surface area contributed by atoms with Gasteiger partial charge in [0.15, 0.2) is 5.96 Å². The summed E-state index contributed by atoms with van der Waals surface area (Å²) < 4.78 is 5.62. The van der Waals surface area contributed by atoms with E-state index < -0.39 is 0 Å². The van der Waals surface area contributed by atoms with Gasteiger partial charge in [-0.25, -0.2) is 9.98 Å². The van der Waals surface area contributed by atoms with Crippen LogP contribution in [0.15, 0.2) is 23.3 Å². The van der Waals surface area contributed by atoms with Crippen LogP contribution in [0.2, 0.25) is 0 Å². The second-order valence-electron chi connectivity index (χ2n) is 8.65. The molecular formula is C23H41IN6O. The van der Waals surface area contributed by atoms with Crippen LogP contribution in [-0.4, -0.2) is 74.4 Å². The molecule has 0 bridgehead atoms. The van der Waals surface area contributed by atoms with Gasteiger partial charge in [-0.05, 0) is 70.3 Å². The lowest BCUT2D eigenvalue weighted by molar-refractivity contribution is 0.0529. The molecule has 2 aliphatic rings. The van der Waals surface area contributed by atoms with Crippen LogP contribution in [0.4, 0.5) is 5.82 Å². The van der Waals surface area contributed by atoms with Crippen LogP contribution in [-0.2, 0) is 11.3 Å². The summed E-state index contributed by atoms with van der Waals surface area (Å²) in [5.41, 5.74) is 1.12. The molecule has 2 aliphatic heterocycles. The summed E-state index contributed by atoms with van der Waals surface area (Å²) in [6, 6.07) is 4.23. The third-order valence-corrected chi connectivity index (χ3v) is 5.96. The third-order valence-electron chi connectivity index (χ3n) is 5.96. The van der Waals surface area contributed by atoms with Gasteiger partial charge in [0, 0.05) is 32.4 Å². The highest BCUT2D eigenvalue weighted by Gasteiger charge is 2.17. The zero-order valence-electron chi connectivity index (χ0n) is 19.5. The van der Waals surface area contributed by atoms with E-state index in [4.69, 9.17) is 9.73 Å². The van der Waals surface area contributed by atoms with E-state index in [2.05, 4.69) is 58.3 Å². The molecule has 8 heteroatoms. The van der Waals surface area contributed by atoms with Crippen molar-refractivity contribution in [3.63, 3.8) is 0 Å². The van der Waals surface area contributed by atoms with Crippen LogP contribution in [0.1, 0.15) is 45.6 Å². The number of aliphatic imine (C=N–C) groups is 1. The number of halogens is 1. The molecule has 2 saturated heterocycles. The van der Waals surface area contributed by atoms with Gasteiger partial charge < -0.3 is 25.2 Å². The SMILES string of the molecule is CCNC(=NCc1ccc(N2CCOC(C)C2)nc1)NCCCN1CCC(C)CC1.I. The minimum Gasteiger partial charge on any atom is -0.375 e. The van der Waals surface area contributed by atoms with E-state index >= 15 is 0 Å². The van der Waals surface area contributed by atoms with Crippen molar-refractivity contribution in [1.29, 1.82) is 0 Å². The molecule has 0 amide bonds. The molecule has 2 fully saturated rings. The summed E-state index contributed by atoms with van der Waals surface area (Å²) in [5.74, 6) is 2.80. The predicted molar refractivity (Wildman–Crippen MR) is 140 cm³/mol. The largest absolute Gasteiger partial charge is 0.375 e. The van der Waals surface area contributed by atoms with E-state index in [1.54, 1.807) is 0 Å². The number of piperidine rings is 1. The molecule has 1 aromatic heterocycles. The average molecular weight is 545 g/mol. The van der Waals surface area contributed by atoms with Gasteiger partial charge in [-0.1, -0.05) is 13.0 Å². The Bertz CT molecular complexity index is 648. The summed E-state index contributed by atoms with van der Waals surface area (Å²) in [6.45, 7) is 15.3. The van der Waals surface area contributed by atoms with Crippen molar-refractivity contribution in [1.82, 2.24) is 20.5 Å². The molecule has 3 heterocycles. The molecule has 0 saturated carbocycles. The second kappa shape index (κ2) is 14.1. The van der Waals surface area contributed by atoms with Gasteiger partial charge in [-0.15, -0.1) is 24.0 Å². The normalized spacial score (nSPS) is 20.9. The number of anilines is 1. The second-order valence-corrected chi connectivity index (χ2v) is 8.65. The summed E-state index contributed by atoms with van der Waals surface area (Å²) >= 11 is 0. The fourth-order valence-electron chi connectivity index (χ4n) is 4.03. The molecule has 2 N–H and O–H groups in total. The van der Waals surface area contributed by atoms with Crippen molar-refractivity contribution < 1.29 is 4.74 Å². The Morgan fingerprint density at radius 3 is 2.68 bits per heavy atom. The van der Waals surface area contributed by atoms with Crippen molar-refractivity contribution in [2.24, 2.45) is 10.9 Å². The smallest absolute Gasteiger partial charge is 0.191 e. The van der Waals surface area contributed by atoms with Crippen molar-refractivity contribution >= 4 is 35.8 Å². The molecule has 0 aromatic carbocycles. The number of rotatable bonds is 8. The first-order valence-electron chi connectivity index (χ1n) is 11.7. The Balaban J connectivity index is 0.00000341. The Kier molecular flexibility index (Phi) is 11.9.